The monoisotopic (exact) mass is 474 g/mol. The van der Waals surface area contributed by atoms with E-state index in [1.807, 2.05) is 20.8 Å². The summed E-state index contributed by atoms with van der Waals surface area (Å²) in [7, 11) is 1.54. The second kappa shape index (κ2) is 8.96. The summed E-state index contributed by atoms with van der Waals surface area (Å²) in [6.07, 6.45) is -0.920. The van der Waals surface area contributed by atoms with Gasteiger partial charge in [-0.05, 0) is 24.3 Å². The molecule has 0 aliphatic carbocycles. The van der Waals surface area contributed by atoms with E-state index in [-0.39, 0.29) is 17.2 Å². The quantitative estimate of drug-likeness (QED) is 0.291. The Balaban J connectivity index is 1.86. The van der Waals surface area contributed by atoms with Crippen LogP contribution in [0.25, 0.3) is 0 Å². The maximum atomic E-state index is 13.4. The first-order valence-electron chi connectivity index (χ1n) is 11.1. The molecule has 4 rings (SSSR count). The van der Waals surface area contributed by atoms with Crippen LogP contribution in [0, 0.1) is 15.5 Å². The van der Waals surface area contributed by atoms with Gasteiger partial charge in [-0.25, -0.2) is 4.79 Å². The molecule has 0 N–H and O–H groups in total. The molecule has 2 atom stereocenters. The zero-order valence-corrected chi connectivity index (χ0v) is 19.9. The predicted octanol–water partition coefficient (Wildman–Crippen LogP) is 5.06. The molecule has 0 bridgehead atoms. The van der Waals surface area contributed by atoms with Crippen molar-refractivity contribution in [2.75, 3.05) is 11.9 Å². The van der Waals surface area contributed by atoms with Gasteiger partial charge >= 0.3 is 5.97 Å². The largest absolute Gasteiger partial charge is 0.432 e. The van der Waals surface area contributed by atoms with Crippen molar-refractivity contribution in [1.82, 2.24) is 0 Å². The Labute approximate surface area is 203 Å². The second-order valence-electron chi connectivity index (χ2n) is 9.46. The van der Waals surface area contributed by atoms with E-state index in [4.69, 9.17) is 9.47 Å². The molecular weight excluding hydrogens is 448 g/mol. The smallest absolute Gasteiger partial charge is 0.350 e. The Morgan fingerprint density at radius 3 is 2.14 bits per heavy atom. The SMILES string of the molecule is CN(C(=O)c1ccccc1)c1ccc([C@@]2(c3ccccc3)O[C@H](C(C)(C)C)OC2=O)c([N+](=O)[O-])c1. The number of esters is 1. The number of nitrogens with zero attached hydrogens (tertiary/aromatic N) is 2. The summed E-state index contributed by atoms with van der Waals surface area (Å²) in [6, 6.07) is 21.5. The molecule has 1 aliphatic rings. The maximum absolute atomic E-state index is 13.4. The first-order valence-corrected chi connectivity index (χ1v) is 11.1. The molecule has 0 saturated carbocycles. The lowest BCUT2D eigenvalue weighted by molar-refractivity contribution is -0.386. The number of carbonyl (C=O) groups is 2. The maximum Gasteiger partial charge on any atom is 0.350 e. The fraction of sp³-hybridized carbons (Fsp3) is 0.259. The molecule has 180 valence electrons. The van der Waals surface area contributed by atoms with E-state index in [9.17, 15) is 19.7 Å². The van der Waals surface area contributed by atoms with Gasteiger partial charge in [0.2, 0.25) is 11.9 Å². The molecule has 1 fully saturated rings. The Hall–Kier alpha value is -4.04. The third kappa shape index (κ3) is 4.28. The number of ether oxygens (including phenoxy) is 2. The van der Waals surface area contributed by atoms with Crippen LogP contribution < -0.4 is 4.90 Å². The van der Waals surface area contributed by atoms with E-state index >= 15 is 0 Å². The molecule has 1 heterocycles. The molecule has 3 aromatic carbocycles. The summed E-state index contributed by atoms with van der Waals surface area (Å²) in [5.41, 5.74) is -1.55. The average Bonchev–Trinajstić information content (AvgIpc) is 3.22. The van der Waals surface area contributed by atoms with Crippen LogP contribution in [0.3, 0.4) is 0 Å². The summed E-state index contributed by atoms with van der Waals surface area (Å²) < 4.78 is 11.9. The summed E-state index contributed by atoms with van der Waals surface area (Å²) >= 11 is 0. The fourth-order valence-electron chi connectivity index (χ4n) is 4.02. The van der Waals surface area contributed by atoms with Gasteiger partial charge in [0.05, 0.1) is 16.2 Å². The summed E-state index contributed by atoms with van der Waals surface area (Å²) in [5, 5.41) is 12.2. The number of cyclic esters (lactones) is 1. The lowest BCUT2D eigenvalue weighted by atomic mass is 9.85. The van der Waals surface area contributed by atoms with Gasteiger partial charge < -0.3 is 14.4 Å². The van der Waals surface area contributed by atoms with Crippen LogP contribution in [0.15, 0.2) is 78.9 Å². The summed E-state index contributed by atoms with van der Waals surface area (Å²) in [4.78, 5) is 39.3. The van der Waals surface area contributed by atoms with Gasteiger partial charge in [-0.1, -0.05) is 69.3 Å². The van der Waals surface area contributed by atoms with Crippen molar-refractivity contribution >= 4 is 23.3 Å². The molecular formula is C27H26N2O6. The van der Waals surface area contributed by atoms with Gasteiger partial charge in [0.15, 0.2) is 0 Å². The molecule has 0 aromatic heterocycles. The Bertz CT molecular complexity index is 1270. The number of benzene rings is 3. The van der Waals surface area contributed by atoms with Gasteiger partial charge in [-0.3, -0.25) is 14.9 Å². The standard InChI is InChI=1S/C27H26N2O6/c1-26(2,3)25-34-24(31)27(35-25,19-13-9-6-10-14-19)21-16-15-20(17-22(21)29(32)33)28(4)23(30)18-11-7-5-8-12-18/h5-17,25H,1-4H3/t25-,27-/m1/s1. The normalized spacial score (nSPS) is 19.8. The number of nitro groups is 1. The second-order valence-corrected chi connectivity index (χ2v) is 9.46. The third-order valence-electron chi connectivity index (χ3n) is 5.94. The number of rotatable bonds is 5. The van der Waals surface area contributed by atoms with Crippen molar-refractivity contribution in [2.24, 2.45) is 5.41 Å². The van der Waals surface area contributed by atoms with E-state index in [0.29, 0.717) is 16.8 Å². The number of nitro benzene ring substituents is 1. The van der Waals surface area contributed by atoms with Gasteiger partial charge in [0.1, 0.15) is 0 Å². The fourth-order valence-corrected chi connectivity index (χ4v) is 4.02. The van der Waals surface area contributed by atoms with E-state index in [0.717, 1.165) is 0 Å². The highest BCUT2D eigenvalue weighted by molar-refractivity contribution is 6.06. The predicted molar refractivity (Wildman–Crippen MR) is 130 cm³/mol. The van der Waals surface area contributed by atoms with Gasteiger partial charge in [0.25, 0.3) is 11.6 Å². The number of anilines is 1. The number of hydrogen-bond donors (Lipinski definition) is 0. The lowest BCUT2D eigenvalue weighted by Crippen LogP contribution is -2.37. The number of carbonyl (C=O) groups excluding carboxylic acids is 2. The first-order chi connectivity index (χ1) is 16.6. The molecule has 8 heteroatoms. The lowest BCUT2D eigenvalue weighted by Gasteiger charge is -2.29. The van der Waals surface area contributed by atoms with Gasteiger partial charge in [-0.2, -0.15) is 0 Å². The molecule has 3 aromatic rings. The average molecular weight is 475 g/mol. The number of amides is 1. The topological polar surface area (TPSA) is 99.0 Å². The van der Waals surface area contributed by atoms with Crippen molar-refractivity contribution in [1.29, 1.82) is 0 Å². The van der Waals surface area contributed by atoms with Crippen molar-refractivity contribution in [3.63, 3.8) is 0 Å². The Morgan fingerprint density at radius 2 is 1.60 bits per heavy atom. The van der Waals surface area contributed by atoms with E-state index in [2.05, 4.69) is 0 Å². The van der Waals surface area contributed by atoms with Crippen LogP contribution in [-0.4, -0.2) is 30.1 Å². The minimum Gasteiger partial charge on any atom is -0.432 e. The van der Waals surface area contributed by atoms with Crippen LogP contribution in [0.1, 0.15) is 42.3 Å². The zero-order valence-electron chi connectivity index (χ0n) is 19.9. The van der Waals surface area contributed by atoms with E-state index in [1.54, 1.807) is 66.7 Å². The Morgan fingerprint density at radius 1 is 1.00 bits per heavy atom. The molecule has 0 radical (unpaired) electrons. The van der Waals surface area contributed by atoms with Crippen molar-refractivity contribution in [2.45, 2.75) is 32.7 Å². The van der Waals surface area contributed by atoms with Crippen molar-refractivity contribution in [3.05, 3.63) is 106 Å². The summed E-state index contributed by atoms with van der Waals surface area (Å²) in [6.45, 7) is 5.56. The van der Waals surface area contributed by atoms with Crippen LogP contribution in [-0.2, 0) is 19.9 Å². The molecule has 1 aliphatic heterocycles. The highest BCUT2D eigenvalue weighted by Crippen LogP contribution is 2.48. The highest BCUT2D eigenvalue weighted by atomic mass is 16.8. The van der Waals surface area contributed by atoms with E-state index in [1.165, 1.54) is 24.1 Å². The summed E-state index contributed by atoms with van der Waals surface area (Å²) in [5.74, 6) is -1.05. The molecule has 1 saturated heterocycles. The minimum atomic E-state index is -1.83. The molecule has 0 unspecified atom stereocenters. The van der Waals surface area contributed by atoms with Crippen molar-refractivity contribution < 1.29 is 24.0 Å². The van der Waals surface area contributed by atoms with Crippen LogP contribution in [0.2, 0.25) is 0 Å². The molecule has 8 nitrogen and oxygen atoms in total. The molecule has 1 amide bonds. The zero-order chi connectivity index (χ0) is 25.4. The van der Waals surface area contributed by atoms with Crippen LogP contribution in [0.5, 0.6) is 0 Å². The minimum absolute atomic E-state index is 0.0368. The molecule has 35 heavy (non-hydrogen) atoms. The molecule has 0 spiro atoms. The van der Waals surface area contributed by atoms with Crippen LogP contribution >= 0.6 is 0 Å². The van der Waals surface area contributed by atoms with Gasteiger partial charge in [-0.15, -0.1) is 0 Å². The van der Waals surface area contributed by atoms with Crippen LogP contribution in [0.4, 0.5) is 11.4 Å². The Kier molecular flexibility index (Phi) is 6.17. The number of hydrogen-bond acceptors (Lipinski definition) is 6. The highest BCUT2D eigenvalue weighted by Gasteiger charge is 2.58. The first kappa shape index (κ1) is 24.1. The van der Waals surface area contributed by atoms with Gasteiger partial charge in [0, 0.05) is 29.7 Å². The van der Waals surface area contributed by atoms with Crippen molar-refractivity contribution in [3.8, 4) is 0 Å². The van der Waals surface area contributed by atoms with E-state index < -0.39 is 28.2 Å². The third-order valence-corrected chi connectivity index (χ3v) is 5.94.